The van der Waals surface area contributed by atoms with Gasteiger partial charge in [0.2, 0.25) is 0 Å². The lowest BCUT2D eigenvalue weighted by Crippen LogP contribution is -2.18. The van der Waals surface area contributed by atoms with Gasteiger partial charge in [-0.2, -0.15) is 0 Å². The van der Waals surface area contributed by atoms with E-state index in [0.29, 0.717) is 6.61 Å². The van der Waals surface area contributed by atoms with Crippen molar-refractivity contribution >= 4 is 8.15 Å². The minimum absolute atomic E-state index is 0.203. The normalized spacial score (nSPS) is 13.5. The topological polar surface area (TPSA) is 49.7 Å². The molecule has 0 aromatic rings. The number of aliphatic hydroxyl groups is 2. The molecule has 0 saturated carbocycles. The Labute approximate surface area is 272 Å². The SMILES string of the molecule is CCCCCCCCC=CCCCCCCCCP(CCCCCCCCC=CCCCCCCCC)OCC(O)CO. The van der Waals surface area contributed by atoms with Crippen LogP contribution in [0.2, 0.25) is 0 Å². The molecule has 0 saturated heterocycles. The third-order valence-electron chi connectivity index (χ3n) is 8.50. The van der Waals surface area contributed by atoms with Crippen molar-refractivity contribution in [2.75, 3.05) is 25.5 Å². The lowest BCUT2D eigenvalue weighted by Gasteiger charge is -2.19. The van der Waals surface area contributed by atoms with E-state index < -0.39 is 14.3 Å². The molecule has 2 N–H and O–H groups in total. The Balaban J connectivity index is 3.72. The smallest absolute Gasteiger partial charge is 0.101 e. The van der Waals surface area contributed by atoms with Gasteiger partial charge in [0.15, 0.2) is 0 Å². The van der Waals surface area contributed by atoms with Gasteiger partial charge in [-0.05, 0) is 76.5 Å². The Hall–Kier alpha value is -0.210. The summed E-state index contributed by atoms with van der Waals surface area (Å²) in [6, 6.07) is 0. The Morgan fingerprint density at radius 1 is 0.465 bits per heavy atom. The van der Waals surface area contributed by atoms with E-state index in [-0.39, 0.29) is 6.61 Å². The first-order valence-corrected chi connectivity index (χ1v) is 20.8. The predicted octanol–water partition coefficient (Wildman–Crippen LogP) is 12.8. The molecule has 0 radical (unpaired) electrons. The van der Waals surface area contributed by atoms with Crippen LogP contribution in [0, 0.1) is 0 Å². The molecule has 0 aromatic carbocycles. The van der Waals surface area contributed by atoms with E-state index in [1.54, 1.807) is 0 Å². The molecule has 0 fully saturated rings. The van der Waals surface area contributed by atoms with E-state index >= 15 is 0 Å². The molecule has 0 aliphatic rings. The maximum absolute atomic E-state index is 9.76. The molecular weight excluding hydrogens is 547 g/mol. The minimum Gasteiger partial charge on any atom is -0.394 e. The summed E-state index contributed by atoms with van der Waals surface area (Å²) < 4.78 is 6.08. The first-order chi connectivity index (χ1) is 21.2. The molecule has 1 unspecified atom stereocenters. The van der Waals surface area contributed by atoms with Crippen molar-refractivity contribution in [3.8, 4) is 0 Å². The van der Waals surface area contributed by atoms with Crippen molar-refractivity contribution in [1.29, 1.82) is 0 Å². The summed E-state index contributed by atoms with van der Waals surface area (Å²) in [6.07, 6.45) is 48.7. The van der Waals surface area contributed by atoms with E-state index in [4.69, 9.17) is 9.63 Å². The molecule has 0 aliphatic heterocycles. The molecule has 0 bridgehead atoms. The van der Waals surface area contributed by atoms with Crippen molar-refractivity contribution in [3.05, 3.63) is 24.3 Å². The number of aliphatic hydroxyl groups excluding tert-OH is 2. The molecule has 0 amide bonds. The van der Waals surface area contributed by atoms with Crippen LogP contribution in [-0.2, 0) is 4.52 Å². The van der Waals surface area contributed by atoms with Crippen LogP contribution in [0.15, 0.2) is 24.3 Å². The Bertz CT molecular complexity index is 523. The van der Waals surface area contributed by atoms with Crippen LogP contribution in [0.4, 0.5) is 0 Å². The van der Waals surface area contributed by atoms with Gasteiger partial charge in [0, 0.05) is 8.15 Å². The maximum atomic E-state index is 9.76. The first kappa shape index (κ1) is 42.8. The quantitative estimate of drug-likeness (QED) is 0.0414. The average Bonchev–Trinajstić information content (AvgIpc) is 3.02. The molecule has 0 spiro atoms. The van der Waals surface area contributed by atoms with Gasteiger partial charge in [0.1, 0.15) is 6.10 Å². The second-order valence-electron chi connectivity index (χ2n) is 12.9. The van der Waals surface area contributed by atoms with Crippen molar-refractivity contribution < 1.29 is 14.7 Å². The van der Waals surface area contributed by atoms with Crippen molar-refractivity contribution in [3.63, 3.8) is 0 Å². The lowest BCUT2D eigenvalue weighted by atomic mass is 10.1. The molecule has 256 valence electrons. The number of allylic oxidation sites excluding steroid dienone is 4. The fourth-order valence-electron chi connectivity index (χ4n) is 5.56. The van der Waals surface area contributed by atoms with Gasteiger partial charge in [-0.1, -0.05) is 154 Å². The number of unbranched alkanes of at least 4 members (excludes halogenated alkanes) is 24. The Morgan fingerprint density at radius 2 is 0.767 bits per heavy atom. The summed E-state index contributed by atoms with van der Waals surface area (Å²) >= 11 is 0. The summed E-state index contributed by atoms with van der Waals surface area (Å²) in [7, 11) is -0.474. The van der Waals surface area contributed by atoms with Gasteiger partial charge in [-0.25, -0.2) is 0 Å². The number of rotatable bonds is 36. The summed E-state index contributed by atoms with van der Waals surface area (Å²) in [5.41, 5.74) is 0. The fourth-order valence-corrected chi connectivity index (χ4v) is 7.57. The summed E-state index contributed by atoms with van der Waals surface area (Å²) in [4.78, 5) is 0. The van der Waals surface area contributed by atoms with Crippen LogP contribution in [0.3, 0.4) is 0 Å². The highest BCUT2D eigenvalue weighted by Gasteiger charge is 2.12. The summed E-state index contributed by atoms with van der Waals surface area (Å²) in [5, 5.41) is 18.9. The highest BCUT2D eigenvalue weighted by Crippen LogP contribution is 2.39. The van der Waals surface area contributed by atoms with Crippen molar-refractivity contribution in [2.24, 2.45) is 0 Å². The largest absolute Gasteiger partial charge is 0.394 e. The molecule has 4 heteroatoms. The van der Waals surface area contributed by atoms with E-state index in [0.717, 1.165) is 12.3 Å². The fraction of sp³-hybridized carbons (Fsp3) is 0.897. The second-order valence-corrected chi connectivity index (χ2v) is 15.1. The van der Waals surface area contributed by atoms with Crippen LogP contribution in [0.25, 0.3) is 0 Å². The van der Waals surface area contributed by atoms with Crippen molar-refractivity contribution in [1.82, 2.24) is 0 Å². The third kappa shape index (κ3) is 36.1. The van der Waals surface area contributed by atoms with Crippen LogP contribution >= 0.6 is 8.15 Å². The summed E-state index contributed by atoms with van der Waals surface area (Å²) in [5.74, 6) is 0. The molecule has 43 heavy (non-hydrogen) atoms. The van der Waals surface area contributed by atoms with E-state index in [9.17, 15) is 5.11 Å². The number of hydrogen-bond donors (Lipinski definition) is 2. The molecule has 0 aromatic heterocycles. The highest BCUT2D eigenvalue weighted by atomic mass is 31.1. The molecule has 0 heterocycles. The molecular formula is C39H77O3P. The second kappa shape index (κ2) is 38.0. The lowest BCUT2D eigenvalue weighted by molar-refractivity contribution is 0.0574. The molecule has 0 aliphatic carbocycles. The number of hydrogen-bond acceptors (Lipinski definition) is 3. The van der Waals surface area contributed by atoms with Gasteiger partial charge in [-0.3, -0.25) is 0 Å². The van der Waals surface area contributed by atoms with E-state index in [1.165, 1.54) is 180 Å². The monoisotopic (exact) mass is 625 g/mol. The van der Waals surface area contributed by atoms with E-state index in [1.807, 2.05) is 0 Å². The minimum atomic E-state index is -0.732. The van der Waals surface area contributed by atoms with Gasteiger partial charge < -0.3 is 14.7 Å². The van der Waals surface area contributed by atoms with Gasteiger partial charge in [-0.15, -0.1) is 0 Å². The first-order valence-electron chi connectivity index (χ1n) is 19.2. The van der Waals surface area contributed by atoms with E-state index in [2.05, 4.69) is 38.2 Å². The zero-order valence-corrected chi connectivity index (χ0v) is 30.2. The van der Waals surface area contributed by atoms with Crippen LogP contribution in [-0.4, -0.2) is 41.9 Å². The summed E-state index contributed by atoms with van der Waals surface area (Å²) in [6.45, 7) is 4.66. The van der Waals surface area contributed by atoms with Gasteiger partial charge >= 0.3 is 0 Å². The van der Waals surface area contributed by atoms with Gasteiger partial charge in [0.25, 0.3) is 0 Å². The molecule has 0 rings (SSSR count). The zero-order valence-electron chi connectivity index (χ0n) is 29.3. The van der Waals surface area contributed by atoms with Crippen molar-refractivity contribution in [2.45, 2.75) is 200 Å². The maximum Gasteiger partial charge on any atom is 0.101 e. The zero-order chi connectivity index (χ0) is 31.3. The van der Waals surface area contributed by atoms with Crippen LogP contribution < -0.4 is 0 Å². The molecule has 1 atom stereocenters. The average molecular weight is 625 g/mol. The third-order valence-corrected chi connectivity index (χ3v) is 10.6. The van der Waals surface area contributed by atoms with Crippen LogP contribution in [0.1, 0.15) is 194 Å². The molecule has 3 nitrogen and oxygen atoms in total. The van der Waals surface area contributed by atoms with Crippen LogP contribution in [0.5, 0.6) is 0 Å². The Kier molecular flexibility index (Phi) is 37.8. The van der Waals surface area contributed by atoms with Gasteiger partial charge in [0.05, 0.1) is 13.2 Å². The Morgan fingerprint density at radius 3 is 1.09 bits per heavy atom. The highest BCUT2D eigenvalue weighted by molar-refractivity contribution is 7.52. The standard InChI is InChI=1S/C39H77O3P/c1-3-5-7-9-11-13-15-17-19-21-23-25-27-29-31-33-35-43(42-38-39(41)37-40)36-34-32-30-28-26-24-22-20-18-16-14-12-10-8-6-4-2/h17-20,39-41H,3-16,21-38H2,1-2H3. The predicted molar refractivity (Wildman–Crippen MR) is 195 cm³/mol.